The van der Waals surface area contributed by atoms with Crippen LogP contribution in [0.3, 0.4) is 0 Å². The van der Waals surface area contributed by atoms with E-state index in [9.17, 15) is 4.79 Å². The number of rotatable bonds is 11. The molecule has 1 amide bonds. The molecule has 0 aromatic rings. The first-order valence-corrected chi connectivity index (χ1v) is 5.67. The molecule has 0 aliphatic heterocycles. The topological polar surface area (TPSA) is 93.2 Å². The van der Waals surface area contributed by atoms with Crippen molar-refractivity contribution in [3.63, 3.8) is 0 Å². The highest BCUT2D eigenvalue weighted by atomic mass is 16.1. The van der Waals surface area contributed by atoms with Gasteiger partial charge in [0.2, 0.25) is 5.91 Å². The molecule has 0 atom stereocenters. The van der Waals surface area contributed by atoms with E-state index >= 15 is 0 Å². The Morgan fingerprint density at radius 2 is 1.47 bits per heavy atom. The number of nitrogens with two attached hydrogens (primary N) is 2. The van der Waals surface area contributed by atoms with Crippen molar-refractivity contribution >= 4 is 5.91 Å². The van der Waals surface area contributed by atoms with E-state index in [4.69, 9.17) is 11.5 Å². The summed E-state index contributed by atoms with van der Waals surface area (Å²) in [7, 11) is 0. The summed E-state index contributed by atoms with van der Waals surface area (Å²) in [4.78, 5) is 10.4. The van der Waals surface area contributed by atoms with Crippen LogP contribution in [0.1, 0.15) is 25.7 Å². The van der Waals surface area contributed by atoms with Crippen LogP contribution in [0.25, 0.3) is 0 Å². The predicted octanol–water partition coefficient (Wildman–Crippen LogP) is -0.830. The smallest absolute Gasteiger partial charge is 0.217 e. The van der Waals surface area contributed by atoms with Gasteiger partial charge in [0.05, 0.1) is 0 Å². The summed E-state index contributed by atoms with van der Waals surface area (Å²) in [5, 5.41) is 6.56. The molecule has 0 aromatic heterocycles. The molecule has 0 radical (unpaired) electrons. The third-order valence-corrected chi connectivity index (χ3v) is 2.04. The molecule has 0 aliphatic rings. The summed E-state index contributed by atoms with van der Waals surface area (Å²) in [5.41, 5.74) is 10.4. The number of amides is 1. The molecule has 0 bridgehead atoms. The fourth-order valence-electron chi connectivity index (χ4n) is 1.20. The van der Waals surface area contributed by atoms with Crippen molar-refractivity contribution in [2.24, 2.45) is 11.5 Å². The first-order valence-electron chi connectivity index (χ1n) is 5.67. The normalized spacial score (nSPS) is 10.5. The minimum atomic E-state index is -0.222. The molecule has 0 aliphatic carbocycles. The van der Waals surface area contributed by atoms with E-state index in [1.54, 1.807) is 0 Å². The van der Waals surface area contributed by atoms with E-state index in [0.29, 0.717) is 6.42 Å². The van der Waals surface area contributed by atoms with Crippen molar-refractivity contribution in [3.8, 4) is 0 Å². The monoisotopic (exact) mass is 216 g/mol. The lowest BCUT2D eigenvalue weighted by atomic mass is 10.3. The molecule has 0 fully saturated rings. The molecular formula is C10H24N4O. The van der Waals surface area contributed by atoms with Gasteiger partial charge in [-0.2, -0.15) is 0 Å². The van der Waals surface area contributed by atoms with Gasteiger partial charge in [0.15, 0.2) is 0 Å². The number of hydrogen-bond donors (Lipinski definition) is 4. The summed E-state index contributed by atoms with van der Waals surface area (Å²) in [6, 6.07) is 0. The Hall–Kier alpha value is -0.650. The van der Waals surface area contributed by atoms with Crippen LogP contribution < -0.4 is 22.1 Å². The molecule has 15 heavy (non-hydrogen) atoms. The summed E-state index contributed by atoms with van der Waals surface area (Å²) in [6.07, 6.45) is 3.44. The number of carbonyl (C=O) groups excluding carboxylic acids is 1. The van der Waals surface area contributed by atoms with Crippen LogP contribution >= 0.6 is 0 Å². The number of primary amides is 1. The minimum absolute atomic E-state index is 0.222. The van der Waals surface area contributed by atoms with Crippen LogP contribution in [-0.4, -0.2) is 38.6 Å². The van der Waals surface area contributed by atoms with Crippen LogP contribution in [0.15, 0.2) is 0 Å². The van der Waals surface area contributed by atoms with E-state index in [1.165, 1.54) is 0 Å². The molecule has 5 nitrogen and oxygen atoms in total. The maximum absolute atomic E-state index is 10.4. The molecule has 0 spiro atoms. The Bertz CT molecular complexity index is 152. The van der Waals surface area contributed by atoms with Crippen LogP contribution in [0.2, 0.25) is 0 Å². The van der Waals surface area contributed by atoms with E-state index in [-0.39, 0.29) is 5.91 Å². The zero-order valence-corrected chi connectivity index (χ0v) is 9.43. The largest absolute Gasteiger partial charge is 0.370 e. The van der Waals surface area contributed by atoms with Gasteiger partial charge in [-0.15, -0.1) is 0 Å². The highest BCUT2D eigenvalue weighted by Gasteiger charge is 1.93. The van der Waals surface area contributed by atoms with Crippen LogP contribution in [0.4, 0.5) is 0 Å². The van der Waals surface area contributed by atoms with Crippen molar-refractivity contribution in [1.82, 2.24) is 10.6 Å². The minimum Gasteiger partial charge on any atom is -0.370 e. The average Bonchev–Trinajstić information content (AvgIpc) is 2.20. The van der Waals surface area contributed by atoms with Gasteiger partial charge in [-0.25, -0.2) is 0 Å². The summed E-state index contributed by atoms with van der Waals surface area (Å²) >= 11 is 0. The molecular weight excluding hydrogens is 192 g/mol. The number of nitrogens with one attached hydrogen (secondary N) is 2. The van der Waals surface area contributed by atoms with Crippen molar-refractivity contribution < 1.29 is 4.79 Å². The lowest BCUT2D eigenvalue weighted by Gasteiger charge is -2.05. The second-order valence-corrected chi connectivity index (χ2v) is 3.57. The number of carbonyl (C=O) groups is 1. The lowest BCUT2D eigenvalue weighted by molar-refractivity contribution is -0.118. The van der Waals surface area contributed by atoms with Crippen molar-refractivity contribution in [1.29, 1.82) is 0 Å². The molecule has 0 rings (SSSR count). The highest BCUT2D eigenvalue weighted by Crippen LogP contribution is 1.84. The Labute approximate surface area is 92.0 Å². The Balaban J connectivity index is 2.89. The van der Waals surface area contributed by atoms with E-state index in [2.05, 4.69) is 10.6 Å². The maximum Gasteiger partial charge on any atom is 0.217 e. The molecule has 6 N–H and O–H groups in total. The highest BCUT2D eigenvalue weighted by molar-refractivity contribution is 5.73. The maximum atomic E-state index is 10.4. The molecule has 0 saturated carbocycles. The van der Waals surface area contributed by atoms with E-state index in [0.717, 1.165) is 52.0 Å². The van der Waals surface area contributed by atoms with Crippen LogP contribution in [-0.2, 0) is 4.79 Å². The Morgan fingerprint density at radius 3 is 2.00 bits per heavy atom. The molecule has 0 heterocycles. The van der Waals surface area contributed by atoms with Gasteiger partial charge in [0, 0.05) is 6.42 Å². The molecule has 0 aromatic carbocycles. The quantitative estimate of drug-likeness (QED) is 0.339. The fraction of sp³-hybridized carbons (Fsp3) is 0.900. The van der Waals surface area contributed by atoms with Crippen molar-refractivity contribution in [3.05, 3.63) is 0 Å². The van der Waals surface area contributed by atoms with Gasteiger partial charge in [-0.1, -0.05) is 0 Å². The molecule has 90 valence electrons. The SMILES string of the molecule is NCCCNCCCNCCCC(N)=O. The van der Waals surface area contributed by atoms with Gasteiger partial charge in [-0.3, -0.25) is 4.79 Å². The third-order valence-electron chi connectivity index (χ3n) is 2.04. The first kappa shape index (κ1) is 14.3. The molecule has 5 heteroatoms. The zero-order chi connectivity index (χ0) is 11.4. The predicted molar refractivity (Wildman–Crippen MR) is 62.5 cm³/mol. The Morgan fingerprint density at radius 1 is 0.933 bits per heavy atom. The van der Waals surface area contributed by atoms with Gasteiger partial charge < -0.3 is 22.1 Å². The lowest BCUT2D eigenvalue weighted by Crippen LogP contribution is -2.24. The van der Waals surface area contributed by atoms with E-state index < -0.39 is 0 Å². The molecule has 0 unspecified atom stereocenters. The zero-order valence-electron chi connectivity index (χ0n) is 9.43. The van der Waals surface area contributed by atoms with E-state index in [1.807, 2.05) is 0 Å². The van der Waals surface area contributed by atoms with Crippen molar-refractivity contribution in [2.45, 2.75) is 25.7 Å². The molecule has 0 saturated heterocycles. The van der Waals surface area contributed by atoms with Gasteiger partial charge in [0.1, 0.15) is 0 Å². The second kappa shape index (κ2) is 11.4. The average molecular weight is 216 g/mol. The van der Waals surface area contributed by atoms with Crippen LogP contribution in [0.5, 0.6) is 0 Å². The third kappa shape index (κ3) is 13.3. The fourth-order valence-corrected chi connectivity index (χ4v) is 1.20. The van der Waals surface area contributed by atoms with Crippen LogP contribution in [0, 0.1) is 0 Å². The standard InChI is InChI=1S/C10H24N4O/c11-5-2-7-14-9-3-8-13-6-1-4-10(12)15/h13-14H,1-9,11H2,(H2,12,15). The van der Waals surface area contributed by atoms with Gasteiger partial charge >= 0.3 is 0 Å². The van der Waals surface area contributed by atoms with Gasteiger partial charge in [-0.05, 0) is 52.0 Å². The van der Waals surface area contributed by atoms with Crippen molar-refractivity contribution in [2.75, 3.05) is 32.7 Å². The Kier molecular flexibility index (Phi) is 10.9. The first-order chi connectivity index (χ1) is 7.27. The second-order valence-electron chi connectivity index (χ2n) is 3.57. The summed E-state index contributed by atoms with van der Waals surface area (Å²) in [6.45, 7) is 4.61. The summed E-state index contributed by atoms with van der Waals surface area (Å²) in [5.74, 6) is -0.222. The number of hydrogen-bond acceptors (Lipinski definition) is 4. The van der Waals surface area contributed by atoms with Gasteiger partial charge in [0.25, 0.3) is 0 Å². The summed E-state index contributed by atoms with van der Waals surface area (Å²) < 4.78 is 0.